The molecule has 4 N–H and O–H groups in total. The minimum Gasteiger partial charge on any atom is -0.493 e. The van der Waals surface area contributed by atoms with Crippen molar-refractivity contribution in [1.82, 2.24) is 5.32 Å². The third kappa shape index (κ3) is 11.1. The first-order valence-electron chi connectivity index (χ1n) is 11.1. The Balaban J connectivity index is 2.71. The first-order valence-corrected chi connectivity index (χ1v) is 11.1. The summed E-state index contributed by atoms with van der Waals surface area (Å²) in [5.74, 6) is 0.179. The maximum atomic E-state index is 12.3. The molecular formula is C23H37F3N2O5. The summed E-state index contributed by atoms with van der Waals surface area (Å²) in [7, 11) is 3.20. The molecule has 33 heavy (non-hydrogen) atoms. The van der Waals surface area contributed by atoms with Crippen LogP contribution in [0.3, 0.4) is 0 Å². The average molecular weight is 479 g/mol. The fourth-order valence-corrected chi connectivity index (χ4v) is 3.54. The Morgan fingerprint density at radius 1 is 1.21 bits per heavy atom. The predicted molar refractivity (Wildman–Crippen MR) is 119 cm³/mol. The summed E-state index contributed by atoms with van der Waals surface area (Å²) in [6, 6.07) is 4.07. The van der Waals surface area contributed by atoms with Crippen molar-refractivity contribution in [3.05, 3.63) is 23.8 Å². The van der Waals surface area contributed by atoms with Crippen LogP contribution < -0.4 is 20.5 Å². The van der Waals surface area contributed by atoms with E-state index >= 15 is 0 Å². The second kappa shape index (κ2) is 14.3. The number of aliphatic hydroxyl groups excluding tert-OH is 1. The number of alkyl halides is 3. The molecule has 0 bridgehead atoms. The van der Waals surface area contributed by atoms with Crippen LogP contribution in [0, 0.1) is 5.92 Å². The van der Waals surface area contributed by atoms with Crippen LogP contribution in [0.2, 0.25) is 0 Å². The zero-order valence-corrected chi connectivity index (χ0v) is 19.8. The fraction of sp³-hybridized carbons (Fsp3) is 0.696. The van der Waals surface area contributed by atoms with Gasteiger partial charge in [-0.3, -0.25) is 4.79 Å². The van der Waals surface area contributed by atoms with Crippen molar-refractivity contribution < 1.29 is 37.3 Å². The molecule has 0 radical (unpaired) electrons. The second-order valence-corrected chi connectivity index (χ2v) is 8.20. The average Bonchev–Trinajstić information content (AvgIpc) is 2.74. The third-order valence-corrected chi connectivity index (χ3v) is 5.39. The number of nitrogens with one attached hydrogen (secondary N) is 1. The van der Waals surface area contributed by atoms with Crippen molar-refractivity contribution in [3.63, 3.8) is 0 Å². The highest BCUT2D eigenvalue weighted by atomic mass is 19.4. The minimum absolute atomic E-state index is 0.113. The molecule has 0 aliphatic carbocycles. The number of carbonyl (C=O) groups is 1. The topological polar surface area (TPSA) is 103 Å². The first kappa shape index (κ1) is 29.0. The van der Waals surface area contributed by atoms with E-state index in [-0.39, 0.29) is 5.92 Å². The van der Waals surface area contributed by atoms with E-state index in [9.17, 15) is 23.1 Å². The number of ether oxygens (including phenoxy) is 3. The Hall–Kier alpha value is -2.04. The quantitative estimate of drug-likeness (QED) is 0.335. The number of amides is 1. The molecule has 0 saturated heterocycles. The van der Waals surface area contributed by atoms with Crippen molar-refractivity contribution in [3.8, 4) is 11.5 Å². The molecule has 10 heteroatoms. The summed E-state index contributed by atoms with van der Waals surface area (Å²) >= 11 is 0. The van der Waals surface area contributed by atoms with Crippen LogP contribution in [0.5, 0.6) is 11.5 Å². The molecule has 0 spiro atoms. The van der Waals surface area contributed by atoms with E-state index in [1.807, 2.05) is 25.1 Å². The van der Waals surface area contributed by atoms with Crippen LogP contribution >= 0.6 is 0 Å². The molecule has 7 nitrogen and oxygen atoms in total. The first-order chi connectivity index (χ1) is 15.5. The summed E-state index contributed by atoms with van der Waals surface area (Å²) in [6.45, 7) is 4.52. The van der Waals surface area contributed by atoms with Crippen molar-refractivity contribution in [2.45, 2.75) is 70.3 Å². The van der Waals surface area contributed by atoms with Crippen molar-refractivity contribution in [2.24, 2.45) is 11.7 Å². The second-order valence-electron chi connectivity index (χ2n) is 8.20. The lowest BCUT2D eigenvalue weighted by Crippen LogP contribution is -2.51. The van der Waals surface area contributed by atoms with E-state index in [0.717, 1.165) is 18.4 Å². The van der Waals surface area contributed by atoms with Crippen LogP contribution in [0.4, 0.5) is 13.2 Å². The van der Waals surface area contributed by atoms with Gasteiger partial charge in [0.05, 0.1) is 25.9 Å². The number of benzene rings is 1. The molecule has 1 rings (SSSR count). The fourth-order valence-electron chi connectivity index (χ4n) is 3.54. The van der Waals surface area contributed by atoms with Crippen molar-refractivity contribution >= 4 is 5.91 Å². The van der Waals surface area contributed by atoms with Gasteiger partial charge in [0.15, 0.2) is 11.5 Å². The van der Waals surface area contributed by atoms with Gasteiger partial charge in [0, 0.05) is 26.2 Å². The number of methoxy groups -OCH3 is 2. The van der Waals surface area contributed by atoms with E-state index in [1.54, 1.807) is 14.2 Å². The molecule has 0 fully saturated rings. The molecule has 0 saturated carbocycles. The molecule has 1 aromatic rings. The molecule has 1 unspecified atom stereocenters. The van der Waals surface area contributed by atoms with Gasteiger partial charge in [-0.1, -0.05) is 19.4 Å². The molecule has 0 aliphatic heterocycles. The third-order valence-electron chi connectivity index (χ3n) is 5.39. The van der Waals surface area contributed by atoms with E-state index in [2.05, 4.69) is 5.32 Å². The lowest BCUT2D eigenvalue weighted by Gasteiger charge is -2.28. The van der Waals surface area contributed by atoms with E-state index in [0.29, 0.717) is 37.6 Å². The summed E-state index contributed by atoms with van der Waals surface area (Å²) in [6.07, 6.45) is -4.74. The molecule has 190 valence electrons. The Morgan fingerprint density at radius 2 is 1.91 bits per heavy atom. The number of rotatable bonds is 15. The number of halogens is 3. The minimum atomic E-state index is -4.60. The number of carbonyl (C=O) groups excluding carboxylic acids is 1. The van der Waals surface area contributed by atoms with Gasteiger partial charge in [-0.2, -0.15) is 13.2 Å². The maximum Gasteiger partial charge on any atom is 0.397 e. The zero-order valence-electron chi connectivity index (χ0n) is 19.8. The molecule has 4 atom stereocenters. The molecule has 1 amide bonds. The van der Waals surface area contributed by atoms with Crippen LogP contribution in [0.25, 0.3) is 0 Å². The lowest BCUT2D eigenvalue weighted by molar-refractivity contribution is -0.154. The van der Waals surface area contributed by atoms with Gasteiger partial charge in [-0.25, -0.2) is 0 Å². The van der Waals surface area contributed by atoms with E-state index in [1.165, 1.54) is 6.92 Å². The van der Waals surface area contributed by atoms with Gasteiger partial charge in [-0.15, -0.1) is 0 Å². The van der Waals surface area contributed by atoms with Gasteiger partial charge in [0.25, 0.3) is 0 Å². The standard InChI is InChI=1S/C23H37F3N2O5/c1-5-16(12-18(27)22(30)15(2)28-21(29)14-23(24,25)26)11-17-7-8-19(32-4)20(13-17)33-10-6-9-31-3/h7-8,13,15-16,18,22,30H,5-6,9-12,14,27H2,1-4H3,(H,28,29)/t15?,16-,18-,22+/m0/s1. The van der Waals surface area contributed by atoms with Crippen molar-refractivity contribution in [2.75, 3.05) is 27.4 Å². The highest BCUT2D eigenvalue weighted by molar-refractivity contribution is 5.76. The predicted octanol–water partition coefficient (Wildman–Crippen LogP) is 3.21. The van der Waals surface area contributed by atoms with Gasteiger partial charge in [-0.05, 0) is 43.4 Å². The Labute approximate surface area is 193 Å². The summed E-state index contributed by atoms with van der Waals surface area (Å²) in [5, 5.41) is 12.6. The smallest absolute Gasteiger partial charge is 0.397 e. The zero-order chi connectivity index (χ0) is 25.0. The number of hydrogen-bond donors (Lipinski definition) is 3. The lowest BCUT2D eigenvalue weighted by atomic mass is 9.87. The summed E-state index contributed by atoms with van der Waals surface area (Å²) in [5.41, 5.74) is 7.15. The van der Waals surface area contributed by atoms with E-state index in [4.69, 9.17) is 19.9 Å². The van der Waals surface area contributed by atoms with Crippen LogP contribution in [0.15, 0.2) is 18.2 Å². The van der Waals surface area contributed by atoms with E-state index < -0.39 is 36.7 Å². The molecule has 0 aliphatic rings. The normalized spacial score (nSPS) is 15.4. The Morgan fingerprint density at radius 3 is 2.48 bits per heavy atom. The summed E-state index contributed by atoms with van der Waals surface area (Å²) in [4.78, 5) is 11.5. The Bertz CT molecular complexity index is 718. The van der Waals surface area contributed by atoms with Crippen LogP contribution in [-0.2, 0) is 16.0 Å². The van der Waals surface area contributed by atoms with Gasteiger partial charge < -0.3 is 30.4 Å². The number of hydrogen-bond acceptors (Lipinski definition) is 6. The maximum absolute atomic E-state index is 12.3. The van der Waals surface area contributed by atoms with Crippen LogP contribution in [-0.4, -0.2) is 62.8 Å². The number of nitrogens with two attached hydrogens (primary N) is 1. The van der Waals surface area contributed by atoms with Gasteiger partial charge in [0.1, 0.15) is 6.42 Å². The molecule has 0 heterocycles. The molecular weight excluding hydrogens is 441 g/mol. The van der Waals surface area contributed by atoms with Crippen molar-refractivity contribution in [1.29, 1.82) is 0 Å². The SMILES string of the molecule is CC[C@@H](Cc1ccc(OC)c(OCCCOC)c1)C[C@H](N)[C@H](O)C(C)NC(=O)CC(F)(F)F. The van der Waals surface area contributed by atoms with Gasteiger partial charge in [0.2, 0.25) is 5.91 Å². The van der Waals surface area contributed by atoms with Crippen LogP contribution in [0.1, 0.15) is 45.1 Å². The Kier molecular flexibility index (Phi) is 12.5. The number of aliphatic hydroxyl groups is 1. The molecule has 1 aromatic carbocycles. The monoisotopic (exact) mass is 478 g/mol. The molecule has 0 aromatic heterocycles. The van der Waals surface area contributed by atoms with Gasteiger partial charge >= 0.3 is 6.18 Å². The largest absolute Gasteiger partial charge is 0.493 e. The highest BCUT2D eigenvalue weighted by Crippen LogP contribution is 2.30. The highest BCUT2D eigenvalue weighted by Gasteiger charge is 2.33. The summed E-state index contributed by atoms with van der Waals surface area (Å²) < 4.78 is 53.3.